The van der Waals surface area contributed by atoms with Crippen LogP contribution in [0.5, 0.6) is 0 Å². The van der Waals surface area contributed by atoms with Gasteiger partial charge in [-0.1, -0.05) is 18.2 Å². The molecule has 3 N–H and O–H groups in total. The lowest BCUT2D eigenvalue weighted by atomic mass is 10.2. The van der Waals surface area contributed by atoms with Crippen LogP contribution in [-0.4, -0.2) is 29.5 Å². The lowest BCUT2D eigenvalue weighted by Gasteiger charge is -2.15. The molecule has 0 heterocycles. The van der Waals surface area contributed by atoms with Gasteiger partial charge in [-0.2, -0.15) is 0 Å². The Morgan fingerprint density at radius 1 is 1.15 bits per heavy atom. The molecule has 1 rings (SSSR count). The van der Waals surface area contributed by atoms with Crippen LogP contribution in [-0.2, 0) is 0 Å². The van der Waals surface area contributed by atoms with Gasteiger partial charge in [0.15, 0.2) is 0 Å². The van der Waals surface area contributed by atoms with Gasteiger partial charge in [0.05, 0.1) is 12.6 Å². The van der Waals surface area contributed by atoms with Crippen molar-refractivity contribution in [1.29, 1.82) is 0 Å². The van der Waals surface area contributed by atoms with Gasteiger partial charge in [0, 0.05) is 12.3 Å². The minimum Gasteiger partial charge on any atom is -0.396 e. The number of hydrogen-bond donors (Lipinski definition) is 3. The van der Waals surface area contributed by atoms with Gasteiger partial charge >= 0.3 is 0 Å². The van der Waals surface area contributed by atoms with Crippen LogP contribution in [0.15, 0.2) is 30.3 Å². The lowest BCUT2D eigenvalue weighted by Crippen LogP contribution is -2.24. The van der Waals surface area contributed by atoms with Crippen LogP contribution >= 0.6 is 0 Å². The molecule has 1 atom stereocenters. The molecule has 3 heteroatoms. The zero-order chi connectivity index (χ0) is 9.52. The SMILES string of the molecule is OCCC(CO)Nc1ccccc1. The van der Waals surface area contributed by atoms with Crippen molar-refractivity contribution in [2.75, 3.05) is 18.5 Å². The molecule has 0 spiro atoms. The predicted molar refractivity (Wildman–Crippen MR) is 52.6 cm³/mol. The van der Waals surface area contributed by atoms with Gasteiger partial charge in [-0.3, -0.25) is 0 Å². The number of para-hydroxylation sites is 1. The molecule has 1 aromatic carbocycles. The summed E-state index contributed by atoms with van der Waals surface area (Å²) in [5.41, 5.74) is 0.968. The first-order valence-corrected chi connectivity index (χ1v) is 4.40. The Balaban J connectivity index is 2.46. The zero-order valence-electron chi connectivity index (χ0n) is 7.48. The summed E-state index contributed by atoms with van der Waals surface area (Å²) in [5, 5.41) is 20.8. The van der Waals surface area contributed by atoms with Gasteiger partial charge in [-0.15, -0.1) is 0 Å². The largest absolute Gasteiger partial charge is 0.396 e. The molecule has 0 aliphatic rings. The van der Waals surface area contributed by atoms with Crippen molar-refractivity contribution in [3.05, 3.63) is 30.3 Å². The van der Waals surface area contributed by atoms with Crippen LogP contribution in [0.3, 0.4) is 0 Å². The van der Waals surface area contributed by atoms with E-state index in [0.29, 0.717) is 6.42 Å². The third-order valence-electron chi connectivity index (χ3n) is 1.84. The van der Waals surface area contributed by atoms with Gasteiger partial charge in [-0.05, 0) is 18.6 Å². The van der Waals surface area contributed by atoms with E-state index in [-0.39, 0.29) is 19.3 Å². The minimum absolute atomic E-state index is 0.0372. The smallest absolute Gasteiger partial charge is 0.0633 e. The second-order valence-corrected chi connectivity index (χ2v) is 2.90. The average molecular weight is 181 g/mol. The van der Waals surface area contributed by atoms with Crippen molar-refractivity contribution in [1.82, 2.24) is 0 Å². The number of rotatable bonds is 5. The van der Waals surface area contributed by atoms with E-state index in [1.165, 1.54) is 0 Å². The van der Waals surface area contributed by atoms with Crippen LogP contribution in [0.25, 0.3) is 0 Å². The van der Waals surface area contributed by atoms with Gasteiger partial charge < -0.3 is 15.5 Å². The molecule has 0 saturated heterocycles. The highest BCUT2D eigenvalue weighted by molar-refractivity contribution is 5.43. The van der Waals surface area contributed by atoms with E-state index in [1.807, 2.05) is 30.3 Å². The van der Waals surface area contributed by atoms with Crippen molar-refractivity contribution in [2.45, 2.75) is 12.5 Å². The van der Waals surface area contributed by atoms with E-state index < -0.39 is 0 Å². The molecule has 3 nitrogen and oxygen atoms in total. The van der Waals surface area contributed by atoms with Crippen molar-refractivity contribution < 1.29 is 10.2 Å². The minimum atomic E-state index is -0.0626. The molecule has 0 fully saturated rings. The summed E-state index contributed by atoms with van der Waals surface area (Å²) < 4.78 is 0. The predicted octanol–water partition coefficient (Wildman–Crippen LogP) is 0.842. The van der Waals surface area contributed by atoms with E-state index in [0.717, 1.165) is 5.69 Å². The highest BCUT2D eigenvalue weighted by Gasteiger charge is 2.04. The van der Waals surface area contributed by atoms with Gasteiger partial charge in [0.1, 0.15) is 0 Å². The fraction of sp³-hybridized carbons (Fsp3) is 0.400. The molecule has 0 saturated carbocycles. The van der Waals surface area contributed by atoms with E-state index in [4.69, 9.17) is 10.2 Å². The molecular weight excluding hydrogens is 166 g/mol. The van der Waals surface area contributed by atoms with Crippen LogP contribution in [0.1, 0.15) is 6.42 Å². The van der Waals surface area contributed by atoms with Crippen molar-refractivity contribution in [2.24, 2.45) is 0 Å². The number of aliphatic hydroxyl groups excluding tert-OH is 2. The maximum absolute atomic E-state index is 8.94. The highest BCUT2D eigenvalue weighted by Crippen LogP contribution is 2.08. The summed E-state index contributed by atoms with van der Waals surface area (Å²) >= 11 is 0. The number of benzene rings is 1. The number of hydrogen-bond acceptors (Lipinski definition) is 3. The van der Waals surface area contributed by atoms with Crippen LogP contribution in [0.2, 0.25) is 0 Å². The summed E-state index contributed by atoms with van der Waals surface area (Å²) in [6.45, 7) is 0.126. The zero-order valence-corrected chi connectivity index (χ0v) is 7.48. The first-order chi connectivity index (χ1) is 6.36. The maximum Gasteiger partial charge on any atom is 0.0633 e. The van der Waals surface area contributed by atoms with Crippen molar-refractivity contribution in [3.63, 3.8) is 0 Å². The molecule has 0 bridgehead atoms. The Bertz CT molecular complexity index is 226. The van der Waals surface area contributed by atoms with Gasteiger partial charge in [0.25, 0.3) is 0 Å². The Kier molecular flexibility index (Phi) is 4.29. The molecule has 0 aliphatic carbocycles. The summed E-state index contributed by atoms with van der Waals surface area (Å²) in [6.07, 6.45) is 0.561. The lowest BCUT2D eigenvalue weighted by molar-refractivity contribution is 0.229. The number of nitrogens with one attached hydrogen (secondary N) is 1. The molecule has 0 aliphatic heterocycles. The summed E-state index contributed by atoms with van der Waals surface area (Å²) in [7, 11) is 0. The average Bonchev–Trinajstić information content (AvgIpc) is 2.19. The molecule has 72 valence electrons. The molecule has 13 heavy (non-hydrogen) atoms. The van der Waals surface area contributed by atoms with E-state index in [1.54, 1.807) is 0 Å². The molecule has 0 radical (unpaired) electrons. The topological polar surface area (TPSA) is 52.5 Å². The number of anilines is 1. The quantitative estimate of drug-likeness (QED) is 0.631. The fourth-order valence-corrected chi connectivity index (χ4v) is 1.14. The Hall–Kier alpha value is -1.06. The highest BCUT2D eigenvalue weighted by atomic mass is 16.3. The third kappa shape index (κ3) is 3.44. The van der Waals surface area contributed by atoms with E-state index in [9.17, 15) is 0 Å². The molecule has 1 aromatic rings. The summed E-state index contributed by atoms with van der Waals surface area (Å²) in [5.74, 6) is 0. The van der Waals surface area contributed by atoms with Crippen LogP contribution < -0.4 is 5.32 Å². The Labute approximate surface area is 78.0 Å². The first-order valence-electron chi connectivity index (χ1n) is 4.40. The second-order valence-electron chi connectivity index (χ2n) is 2.90. The second kappa shape index (κ2) is 5.56. The van der Waals surface area contributed by atoms with Crippen LogP contribution in [0.4, 0.5) is 5.69 Å². The summed E-state index contributed by atoms with van der Waals surface area (Å²) in [6, 6.07) is 9.59. The fourth-order valence-electron chi connectivity index (χ4n) is 1.14. The molecule has 1 unspecified atom stereocenters. The van der Waals surface area contributed by atoms with Crippen molar-refractivity contribution >= 4 is 5.69 Å². The third-order valence-corrected chi connectivity index (χ3v) is 1.84. The van der Waals surface area contributed by atoms with Gasteiger partial charge in [-0.25, -0.2) is 0 Å². The summed E-state index contributed by atoms with van der Waals surface area (Å²) in [4.78, 5) is 0. The number of aliphatic hydroxyl groups is 2. The monoisotopic (exact) mass is 181 g/mol. The van der Waals surface area contributed by atoms with Crippen molar-refractivity contribution in [3.8, 4) is 0 Å². The molecular formula is C10H15NO2. The normalized spacial score (nSPS) is 12.5. The van der Waals surface area contributed by atoms with E-state index in [2.05, 4.69) is 5.32 Å². The maximum atomic E-state index is 8.94. The molecule has 0 amide bonds. The Morgan fingerprint density at radius 2 is 1.85 bits per heavy atom. The standard InChI is InChI=1S/C10H15NO2/c12-7-6-10(8-13)11-9-4-2-1-3-5-9/h1-5,10-13H,6-8H2. The van der Waals surface area contributed by atoms with Gasteiger partial charge in [0.2, 0.25) is 0 Å². The van der Waals surface area contributed by atoms with Crippen LogP contribution in [0, 0.1) is 0 Å². The Morgan fingerprint density at radius 3 is 2.38 bits per heavy atom. The molecule has 0 aromatic heterocycles. The first kappa shape index (κ1) is 10.0. The van der Waals surface area contributed by atoms with E-state index >= 15 is 0 Å².